The van der Waals surface area contributed by atoms with E-state index in [0.29, 0.717) is 5.95 Å². The molecule has 2 aromatic heterocycles. The van der Waals surface area contributed by atoms with Crippen molar-refractivity contribution >= 4 is 17.1 Å². The first-order valence-corrected chi connectivity index (χ1v) is 6.01. The summed E-state index contributed by atoms with van der Waals surface area (Å²) in [5.41, 5.74) is 9.08. The van der Waals surface area contributed by atoms with E-state index >= 15 is 0 Å². The van der Waals surface area contributed by atoms with Crippen molar-refractivity contribution in [1.29, 1.82) is 0 Å². The highest BCUT2D eigenvalue weighted by Crippen LogP contribution is 2.27. The molecule has 0 unspecified atom stereocenters. The zero-order chi connectivity index (χ0) is 12.8. The van der Waals surface area contributed by atoms with Crippen LogP contribution in [-0.4, -0.2) is 19.3 Å². The van der Waals surface area contributed by atoms with Gasteiger partial charge in [0.2, 0.25) is 5.95 Å². The maximum Gasteiger partial charge on any atom is 0.202 e. The molecular formula is C12H21N5. The van der Waals surface area contributed by atoms with Gasteiger partial charge in [0.15, 0.2) is 5.65 Å². The molecule has 17 heavy (non-hydrogen) atoms. The lowest BCUT2D eigenvalue weighted by atomic mass is 9.90. The summed E-state index contributed by atoms with van der Waals surface area (Å²) in [6.07, 6.45) is 1.10. The minimum atomic E-state index is 0.208. The molecule has 0 fully saturated rings. The number of nitrogens with two attached hydrogens (primary N) is 1. The second-order valence-corrected chi connectivity index (χ2v) is 5.46. The van der Waals surface area contributed by atoms with Crippen LogP contribution < -0.4 is 5.73 Å². The van der Waals surface area contributed by atoms with Crippen molar-refractivity contribution in [3.8, 4) is 0 Å². The number of aromatic nitrogens is 4. The molecule has 2 N–H and O–H groups in total. The predicted molar refractivity (Wildman–Crippen MR) is 69.7 cm³/mol. The Morgan fingerprint density at radius 2 is 2.00 bits per heavy atom. The molecule has 2 aromatic rings. The highest BCUT2D eigenvalue weighted by atomic mass is 15.3. The smallest absolute Gasteiger partial charge is 0.202 e. The van der Waals surface area contributed by atoms with Gasteiger partial charge in [-0.1, -0.05) is 20.8 Å². The van der Waals surface area contributed by atoms with Crippen LogP contribution in [0.3, 0.4) is 0 Å². The van der Waals surface area contributed by atoms with Gasteiger partial charge in [-0.05, 0) is 18.8 Å². The van der Waals surface area contributed by atoms with Crippen LogP contribution in [0.15, 0.2) is 0 Å². The number of hydrogen-bond acceptors (Lipinski definition) is 3. The van der Waals surface area contributed by atoms with Gasteiger partial charge >= 0.3 is 0 Å². The van der Waals surface area contributed by atoms with E-state index in [4.69, 9.17) is 5.73 Å². The number of aryl methyl sites for hydroxylation is 2. The fourth-order valence-corrected chi connectivity index (χ4v) is 2.05. The van der Waals surface area contributed by atoms with Crippen molar-refractivity contribution in [3.05, 3.63) is 5.69 Å². The molecular weight excluding hydrogens is 214 g/mol. The van der Waals surface area contributed by atoms with E-state index < -0.39 is 0 Å². The van der Waals surface area contributed by atoms with E-state index in [1.54, 1.807) is 0 Å². The highest BCUT2D eigenvalue weighted by molar-refractivity contribution is 5.77. The third-order valence-corrected chi connectivity index (χ3v) is 3.46. The van der Waals surface area contributed by atoms with E-state index in [2.05, 4.69) is 35.4 Å². The third kappa shape index (κ3) is 1.90. The summed E-state index contributed by atoms with van der Waals surface area (Å²) in [7, 11) is 1.94. The SMILES string of the molecule is CCC(C)(C)Cn1c(N)nc2c(C)nn(C)c21. The lowest BCUT2D eigenvalue weighted by molar-refractivity contribution is 0.298. The average Bonchev–Trinajstić information content (AvgIpc) is 2.68. The number of nitrogens with zero attached hydrogens (tertiary/aromatic N) is 4. The second kappa shape index (κ2) is 3.75. The Kier molecular flexibility index (Phi) is 2.64. The van der Waals surface area contributed by atoms with Crippen molar-refractivity contribution in [2.75, 3.05) is 5.73 Å². The number of rotatable bonds is 3. The van der Waals surface area contributed by atoms with Gasteiger partial charge in [0.05, 0.1) is 5.69 Å². The van der Waals surface area contributed by atoms with Crippen molar-refractivity contribution in [1.82, 2.24) is 19.3 Å². The van der Waals surface area contributed by atoms with E-state index in [1.165, 1.54) is 0 Å². The van der Waals surface area contributed by atoms with Gasteiger partial charge in [0, 0.05) is 13.6 Å². The Morgan fingerprint density at radius 1 is 1.35 bits per heavy atom. The fraction of sp³-hybridized carbons (Fsp3) is 0.667. The van der Waals surface area contributed by atoms with Gasteiger partial charge in [-0.3, -0.25) is 9.25 Å². The van der Waals surface area contributed by atoms with Crippen molar-refractivity contribution < 1.29 is 0 Å². The Balaban J connectivity index is 2.57. The Bertz CT molecular complexity index is 547. The van der Waals surface area contributed by atoms with Crippen LogP contribution in [0.1, 0.15) is 32.9 Å². The molecule has 0 aliphatic carbocycles. The molecule has 0 aliphatic heterocycles. The van der Waals surface area contributed by atoms with Crippen molar-refractivity contribution in [2.45, 2.75) is 40.7 Å². The van der Waals surface area contributed by atoms with Gasteiger partial charge in [-0.15, -0.1) is 0 Å². The minimum absolute atomic E-state index is 0.208. The molecule has 5 heteroatoms. The first-order chi connectivity index (χ1) is 7.85. The highest BCUT2D eigenvalue weighted by Gasteiger charge is 2.22. The molecule has 5 nitrogen and oxygen atoms in total. The largest absolute Gasteiger partial charge is 0.369 e. The minimum Gasteiger partial charge on any atom is -0.369 e. The van der Waals surface area contributed by atoms with Crippen LogP contribution in [0.2, 0.25) is 0 Å². The number of imidazole rings is 1. The molecule has 94 valence electrons. The molecule has 2 rings (SSSR count). The lowest BCUT2D eigenvalue weighted by Gasteiger charge is -2.23. The molecule has 0 atom stereocenters. The number of anilines is 1. The normalized spacial score (nSPS) is 12.5. The summed E-state index contributed by atoms with van der Waals surface area (Å²) >= 11 is 0. The first-order valence-electron chi connectivity index (χ1n) is 6.01. The predicted octanol–water partition coefficient (Wildman–Crippen LogP) is 2.10. The summed E-state index contributed by atoms with van der Waals surface area (Å²) < 4.78 is 3.93. The van der Waals surface area contributed by atoms with Gasteiger partial charge in [-0.25, -0.2) is 4.98 Å². The maximum absolute atomic E-state index is 6.01. The third-order valence-electron chi connectivity index (χ3n) is 3.46. The van der Waals surface area contributed by atoms with Crippen molar-refractivity contribution in [3.63, 3.8) is 0 Å². The molecule has 2 heterocycles. The zero-order valence-corrected chi connectivity index (χ0v) is 11.3. The number of nitrogen functional groups attached to an aromatic ring is 1. The molecule has 0 radical (unpaired) electrons. The van der Waals surface area contributed by atoms with Crippen molar-refractivity contribution in [2.24, 2.45) is 12.5 Å². The monoisotopic (exact) mass is 235 g/mol. The van der Waals surface area contributed by atoms with Gasteiger partial charge in [0.1, 0.15) is 5.52 Å². The van der Waals surface area contributed by atoms with Crippen LogP contribution in [0, 0.1) is 12.3 Å². The van der Waals surface area contributed by atoms with Crippen LogP contribution >= 0.6 is 0 Å². The Hall–Kier alpha value is -1.52. The van der Waals surface area contributed by atoms with Crippen LogP contribution in [0.25, 0.3) is 11.2 Å². The summed E-state index contributed by atoms with van der Waals surface area (Å²) in [5, 5.41) is 4.39. The van der Waals surface area contributed by atoms with E-state index in [1.807, 2.05) is 18.7 Å². The summed E-state index contributed by atoms with van der Waals surface area (Å²) in [5.74, 6) is 0.581. The number of fused-ring (bicyclic) bond motifs is 1. The quantitative estimate of drug-likeness (QED) is 0.886. The van der Waals surface area contributed by atoms with Gasteiger partial charge < -0.3 is 5.73 Å². The van der Waals surface area contributed by atoms with Crippen LogP contribution in [0.4, 0.5) is 5.95 Å². The summed E-state index contributed by atoms with van der Waals surface area (Å²) in [4.78, 5) is 4.41. The van der Waals surface area contributed by atoms with Gasteiger partial charge in [-0.2, -0.15) is 5.10 Å². The van der Waals surface area contributed by atoms with Crippen LogP contribution in [-0.2, 0) is 13.6 Å². The fourth-order valence-electron chi connectivity index (χ4n) is 2.05. The maximum atomic E-state index is 6.01. The molecule has 0 aromatic carbocycles. The van der Waals surface area contributed by atoms with E-state index in [0.717, 1.165) is 29.8 Å². The molecule has 0 aliphatic rings. The number of hydrogen-bond donors (Lipinski definition) is 1. The molecule has 0 saturated heterocycles. The molecule has 0 amide bonds. The average molecular weight is 235 g/mol. The summed E-state index contributed by atoms with van der Waals surface area (Å²) in [6.45, 7) is 9.50. The molecule has 0 saturated carbocycles. The zero-order valence-electron chi connectivity index (χ0n) is 11.3. The Labute approximate surface area is 102 Å². The van der Waals surface area contributed by atoms with E-state index in [9.17, 15) is 0 Å². The standard InChI is InChI=1S/C12H21N5/c1-6-12(3,4)7-17-10-9(14-11(17)13)8(2)15-16(10)5/h6-7H2,1-5H3,(H2,13,14). The molecule has 0 bridgehead atoms. The van der Waals surface area contributed by atoms with Crippen LogP contribution in [0.5, 0.6) is 0 Å². The first kappa shape index (κ1) is 12.0. The second-order valence-electron chi connectivity index (χ2n) is 5.46. The topological polar surface area (TPSA) is 61.7 Å². The molecule has 0 spiro atoms. The Morgan fingerprint density at radius 3 is 2.59 bits per heavy atom. The van der Waals surface area contributed by atoms with E-state index in [-0.39, 0.29) is 5.41 Å². The van der Waals surface area contributed by atoms with Gasteiger partial charge in [0.25, 0.3) is 0 Å². The summed E-state index contributed by atoms with van der Waals surface area (Å²) in [6, 6.07) is 0. The lowest BCUT2D eigenvalue weighted by Crippen LogP contribution is -2.20.